The van der Waals surface area contributed by atoms with Gasteiger partial charge in [-0.2, -0.15) is 0 Å². The van der Waals surface area contributed by atoms with E-state index >= 15 is 0 Å². The van der Waals surface area contributed by atoms with Crippen LogP contribution in [0.3, 0.4) is 0 Å². The Kier molecular flexibility index (Phi) is 6.81. The summed E-state index contributed by atoms with van der Waals surface area (Å²) < 4.78 is 5.14. The van der Waals surface area contributed by atoms with Crippen LogP contribution in [0.2, 0.25) is 0 Å². The molecule has 0 aliphatic carbocycles. The third kappa shape index (κ3) is 5.38. The van der Waals surface area contributed by atoms with Gasteiger partial charge in [-0.25, -0.2) is 4.98 Å². The number of hydrogen-bond donors (Lipinski definition) is 2. The molecular formula is C18H25N3O3. The number of nitrogens with one attached hydrogen (secondary N) is 1. The Bertz CT molecular complexity index is 637. The topological polar surface area (TPSA) is 78.4 Å². The Hall–Kier alpha value is -2.34. The van der Waals surface area contributed by atoms with Crippen molar-refractivity contribution < 1.29 is 14.6 Å². The first kappa shape index (κ1) is 18.0. The molecule has 1 aromatic carbocycles. The molecule has 0 unspecified atom stereocenters. The highest BCUT2D eigenvalue weighted by atomic mass is 16.5. The van der Waals surface area contributed by atoms with Crippen molar-refractivity contribution in [1.29, 1.82) is 0 Å². The number of aryl methyl sites for hydroxylation is 2. The molecule has 1 heterocycles. The van der Waals surface area contributed by atoms with Gasteiger partial charge in [-0.05, 0) is 37.5 Å². The van der Waals surface area contributed by atoms with Gasteiger partial charge < -0.3 is 19.7 Å². The van der Waals surface area contributed by atoms with E-state index in [1.807, 2.05) is 31.2 Å². The minimum Gasteiger partial charge on any atom is -0.497 e. The van der Waals surface area contributed by atoms with Crippen LogP contribution >= 0.6 is 0 Å². The van der Waals surface area contributed by atoms with Gasteiger partial charge >= 0.3 is 0 Å². The second-order valence-corrected chi connectivity index (χ2v) is 5.73. The SMILES string of the molecule is COc1ccc(CCCC(=O)N(CCO)Cc2cnc(C)[nH]2)cc1. The maximum atomic E-state index is 12.4. The first-order valence-electron chi connectivity index (χ1n) is 8.14. The van der Waals surface area contributed by atoms with Gasteiger partial charge in [-0.1, -0.05) is 12.1 Å². The molecular weight excluding hydrogens is 306 g/mol. The average Bonchev–Trinajstić information content (AvgIpc) is 3.00. The molecule has 0 atom stereocenters. The Labute approximate surface area is 142 Å². The van der Waals surface area contributed by atoms with Crippen LogP contribution in [0, 0.1) is 6.92 Å². The van der Waals surface area contributed by atoms with E-state index in [-0.39, 0.29) is 12.5 Å². The predicted molar refractivity (Wildman–Crippen MR) is 91.8 cm³/mol. The van der Waals surface area contributed by atoms with Crippen LogP contribution in [-0.4, -0.2) is 46.1 Å². The van der Waals surface area contributed by atoms with E-state index in [0.29, 0.717) is 19.5 Å². The smallest absolute Gasteiger partial charge is 0.223 e. The molecule has 1 aromatic heterocycles. The number of benzene rings is 1. The van der Waals surface area contributed by atoms with Crippen LogP contribution in [0.1, 0.15) is 29.9 Å². The lowest BCUT2D eigenvalue weighted by Crippen LogP contribution is -2.33. The fourth-order valence-corrected chi connectivity index (χ4v) is 2.56. The van der Waals surface area contributed by atoms with Crippen molar-refractivity contribution in [2.45, 2.75) is 32.7 Å². The number of nitrogens with zero attached hydrogens (tertiary/aromatic N) is 2. The van der Waals surface area contributed by atoms with Gasteiger partial charge in [0.1, 0.15) is 11.6 Å². The lowest BCUT2D eigenvalue weighted by Gasteiger charge is -2.21. The Morgan fingerprint density at radius 2 is 2.08 bits per heavy atom. The van der Waals surface area contributed by atoms with Crippen molar-refractivity contribution in [2.24, 2.45) is 0 Å². The molecule has 2 rings (SSSR count). The maximum Gasteiger partial charge on any atom is 0.223 e. The van der Waals surface area contributed by atoms with Crippen LogP contribution in [-0.2, 0) is 17.8 Å². The van der Waals surface area contributed by atoms with E-state index in [9.17, 15) is 9.90 Å². The molecule has 1 amide bonds. The number of rotatable bonds is 9. The number of aromatic nitrogens is 2. The van der Waals surface area contributed by atoms with Crippen LogP contribution in [0.15, 0.2) is 30.5 Å². The highest BCUT2D eigenvalue weighted by Gasteiger charge is 2.14. The number of ether oxygens (including phenoxy) is 1. The number of aliphatic hydroxyl groups excluding tert-OH is 1. The standard InChI is InChI=1S/C18H25N3O3/c1-14-19-12-16(20-14)13-21(10-11-22)18(23)5-3-4-15-6-8-17(24-2)9-7-15/h6-9,12,22H,3-5,10-11,13H2,1-2H3,(H,19,20). The predicted octanol–water partition coefficient (Wildman–Crippen LogP) is 2.07. The zero-order valence-electron chi connectivity index (χ0n) is 14.3. The van der Waals surface area contributed by atoms with E-state index in [1.54, 1.807) is 18.2 Å². The minimum atomic E-state index is -0.0443. The summed E-state index contributed by atoms with van der Waals surface area (Å²) in [5.41, 5.74) is 2.06. The lowest BCUT2D eigenvalue weighted by molar-refractivity contribution is -0.132. The number of carbonyl (C=O) groups excluding carboxylic acids is 1. The quantitative estimate of drug-likeness (QED) is 0.737. The molecule has 2 aromatic rings. The second-order valence-electron chi connectivity index (χ2n) is 5.73. The van der Waals surface area contributed by atoms with Crippen molar-refractivity contribution in [3.63, 3.8) is 0 Å². The van der Waals surface area contributed by atoms with Gasteiger partial charge in [-0.3, -0.25) is 4.79 Å². The second kappa shape index (κ2) is 9.08. The molecule has 0 aliphatic heterocycles. The zero-order chi connectivity index (χ0) is 17.4. The average molecular weight is 331 g/mol. The van der Waals surface area contributed by atoms with E-state index in [4.69, 9.17) is 4.74 Å². The number of amides is 1. The van der Waals surface area contributed by atoms with E-state index in [1.165, 1.54) is 5.56 Å². The van der Waals surface area contributed by atoms with Gasteiger partial charge in [0, 0.05) is 13.0 Å². The molecule has 6 nitrogen and oxygen atoms in total. The van der Waals surface area contributed by atoms with Crippen molar-refractivity contribution in [2.75, 3.05) is 20.3 Å². The third-order valence-corrected chi connectivity index (χ3v) is 3.85. The monoisotopic (exact) mass is 331 g/mol. The molecule has 0 radical (unpaired) electrons. The molecule has 0 spiro atoms. The van der Waals surface area contributed by atoms with Crippen molar-refractivity contribution in [3.8, 4) is 5.75 Å². The van der Waals surface area contributed by atoms with E-state index in [2.05, 4.69) is 9.97 Å². The van der Waals surface area contributed by atoms with Crippen molar-refractivity contribution in [1.82, 2.24) is 14.9 Å². The largest absolute Gasteiger partial charge is 0.497 e. The molecule has 24 heavy (non-hydrogen) atoms. The molecule has 130 valence electrons. The summed E-state index contributed by atoms with van der Waals surface area (Å²) in [5.74, 6) is 1.70. The van der Waals surface area contributed by atoms with Gasteiger partial charge in [0.05, 0.1) is 32.2 Å². The summed E-state index contributed by atoms with van der Waals surface area (Å²) in [6, 6.07) is 7.88. The fourth-order valence-electron chi connectivity index (χ4n) is 2.56. The number of carbonyl (C=O) groups is 1. The summed E-state index contributed by atoms with van der Waals surface area (Å²) in [7, 11) is 1.64. The van der Waals surface area contributed by atoms with Crippen molar-refractivity contribution >= 4 is 5.91 Å². The summed E-state index contributed by atoms with van der Waals surface area (Å²) in [6.07, 6.45) is 3.80. The van der Waals surface area contributed by atoms with Gasteiger partial charge in [0.15, 0.2) is 0 Å². The molecule has 0 saturated carbocycles. The molecule has 0 fully saturated rings. The summed E-state index contributed by atoms with van der Waals surface area (Å²) >= 11 is 0. The maximum absolute atomic E-state index is 12.4. The first-order chi connectivity index (χ1) is 11.6. The van der Waals surface area contributed by atoms with Crippen LogP contribution in [0.4, 0.5) is 0 Å². The number of aromatic amines is 1. The number of H-pyrrole nitrogens is 1. The Balaban J connectivity index is 1.83. The summed E-state index contributed by atoms with van der Waals surface area (Å²) in [5, 5.41) is 9.19. The van der Waals surface area contributed by atoms with Crippen molar-refractivity contribution in [3.05, 3.63) is 47.5 Å². The minimum absolute atomic E-state index is 0.0443. The fraction of sp³-hybridized carbons (Fsp3) is 0.444. The highest BCUT2D eigenvalue weighted by Crippen LogP contribution is 2.14. The third-order valence-electron chi connectivity index (χ3n) is 3.85. The number of methoxy groups -OCH3 is 1. The lowest BCUT2D eigenvalue weighted by atomic mass is 10.1. The molecule has 6 heteroatoms. The Morgan fingerprint density at radius 3 is 2.67 bits per heavy atom. The highest BCUT2D eigenvalue weighted by molar-refractivity contribution is 5.76. The molecule has 0 bridgehead atoms. The summed E-state index contributed by atoms with van der Waals surface area (Å²) in [6.45, 7) is 2.61. The van der Waals surface area contributed by atoms with Crippen LogP contribution < -0.4 is 4.74 Å². The number of aliphatic hydroxyl groups is 1. The normalized spacial score (nSPS) is 10.6. The summed E-state index contributed by atoms with van der Waals surface area (Å²) in [4.78, 5) is 21.3. The van der Waals surface area contributed by atoms with E-state index < -0.39 is 0 Å². The van der Waals surface area contributed by atoms with Crippen LogP contribution in [0.25, 0.3) is 0 Å². The molecule has 0 saturated heterocycles. The first-order valence-corrected chi connectivity index (χ1v) is 8.14. The zero-order valence-corrected chi connectivity index (χ0v) is 14.3. The number of imidazole rings is 1. The van der Waals surface area contributed by atoms with Crippen LogP contribution in [0.5, 0.6) is 5.75 Å². The van der Waals surface area contributed by atoms with E-state index in [0.717, 1.165) is 30.1 Å². The molecule has 2 N–H and O–H groups in total. The molecule has 0 aliphatic rings. The number of hydrogen-bond acceptors (Lipinski definition) is 4. The van der Waals surface area contributed by atoms with Gasteiger partial charge in [-0.15, -0.1) is 0 Å². The van der Waals surface area contributed by atoms with Gasteiger partial charge in [0.2, 0.25) is 5.91 Å². The van der Waals surface area contributed by atoms with Gasteiger partial charge in [0.25, 0.3) is 0 Å². The Morgan fingerprint density at radius 1 is 1.33 bits per heavy atom.